The SMILES string of the molecule is CC1(OCC(=O)O)CN(CC2CCOC2)C1. The Balaban J connectivity index is 1.65. The van der Waals surface area contributed by atoms with Crippen LogP contribution in [0, 0.1) is 5.92 Å². The van der Waals surface area contributed by atoms with Crippen molar-refractivity contribution in [3.8, 4) is 0 Å². The highest BCUT2D eigenvalue weighted by molar-refractivity contribution is 5.68. The van der Waals surface area contributed by atoms with Crippen molar-refractivity contribution in [1.82, 2.24) is 4.90 Å². The van der Waals surface area contributed by atoms with Crippen LogP contribution >= 0.6 is 0 Å². The summed E-state index contributed by atoms with van der Waals surface area (Å²) in [6.45, 7) is 6.22. The van der Waals surface area contributed by atoms with Gasteiger partial charge in [-0.15, -0.1) is 0 Å². The number of ether oxygens (including phenoxy) is 2. The highest BCUT2D eigenvalue weighted by Crippen LogP contribution is 2.26. The summed E-state index contributed by atoms with van der Waals surface area (Å²) in [5.74, 6) is -0.257. The molecule has 1 N–H and O–H groups in total. The summed E-state index contributed by atoms with van der Waals surface area (Å²) in [7, 11) is 0. The number of likely N-dealkylation sites (tertiary alicyclic amines) is 1. The van der Waals surface area contributed by atoms with Gasteiger partial charge in [0, 0.05) is 26.2 Å². The lowest BCUT2D eigenvalue weighted by Gasteiger charge is -2.48. The summed E-state index contributed by atoms with van der Waals surface area (Å²) in [4.78, 5) is 12.7. The van der Waals surface area contributed by atoms with Gasteiger partial charge in [-0.2, -0.15) is 0 Å². The molecule has 0 aromatic rings. The van der Waals surface area contributed by atoms with E-state index < -0.39 is 5.97 Å². The molecule has 0 spiro atoms. The zero-order valence-corrected chi connectivity index (χ0v) is 9.65. The van der Waals surface area contributed by atoms with Crippen LogP contribution in [0.3, 0.4) is 0 Å². The molecule has 5 heteroatoms. The Morgan fingerprint density at radius 1 is 1.62 bits per heavy atom. The van der Waals surface area contributed by atoms with Crippen LogP contribution in [0.15, 0.2) is 0 Å². The molecule has 0 bridgehead atoms. The van der Waals surface area contributed by atoms with Crippen LogP contribution in [0.25, 0.3) is 0 Å². The van der Waals surface area contributed by atoms with E-state index in [4.69, 9.17) is 14.6 Å². The van der Waals surface area contributed by atoms with Crippen molar-refractivity contribution in [2.45, 2.75) is 18.9 Å². The third-order valence-electron chi connectivity index (χ3n) is 3.20. The van der Waals surface area contributed by atoms with Gasteiger partial charge in [0.2, 0.25) is 0 Å². The van der Waals surface area contributed by atoms with E-state index in [0.29, 0.717) is 5.92 Å². The van der Waals surface area contributed by atoms with Gasteiger partial charge >= 0.3 is 5.97 Å². The van der Waals surface area contributed by atoms with Gasteiger partial charge in [-0.1, -0.05) is 0 Å². The molecule has 5 nitrogen and oxygen atoms in total. The smallest absolute Gasteiger partial charge is 0.329 e. The predicted molar refractivity (Wildman–Crippen MR) is 57.4 cm³/mol. The largest absolute Gasteiger partial charge is 0.480 e. The molecule has 16 heavy (non-hydrogen) atoms. The first-order valence-electron chi connectivity index (χ1n) is 5.73. The third kappa shape index (κ3) is 2.93. The molecular weight excluding hydrogens is 210 g/mol. The molecule has 2 aliphatic rings. The molecule has 2 aliphatic heterocycles. The van der Waals surface area contributed by atoms with Crippen molar-refractivity contribution in [3.63, 3.8) is 0 Å². The minimum absolute atomic E-state index is 0.198. The first kappa shape index (κ1) is 11.8. The van der Waals surface area contributed by atoms with E-state index >= 15 is 0 Å². The van der Waals surface area contributed by atoms with Gasteiger partial charge in [0.05, 0.1) is 12.2 Å². The summed E-state index contributed by atoms with van der Waals surface area (Å²) < 4.78 is 10.7. The number of hydrogen-bond donors (Lipinski definition) is 1. The molecule has 0 aromatic heterocycles. The number of carboxylic acid groups (broad SMARTS) is 1. The second-order valence-electron chi connectivity index (χ2n) is 5.03. The van der Waals surface area contributed by atoms with E-state index in [1.807, 2.05) is 6.92 Å². The molecule has 1 atom stereocenters. The molecule has 0 amide bonds. The lowest BCUT2D eigenvalue weighted by molar-refractivity contribution is -0.165. The Bertz CT molecular complexity index is 257. The summed E-state index contributed by atoms with van der Waals surface area (Å²) in [6, 6.07) is 0. The highest BCUT2D eigenvalue weighted by atomic mass is 16.5. The number of carboxylic acids is 1. The fourth-order valence-corrected chi connectivity index (χ4v) is 2.45. The van der Waals surface area contributed by atoms with Crippen LogP contribution in [-0.2, 0) is 14.3 Å². The van der Waals surface area contributed by atoms with Gasteiger partial charge in [-0.05, 0) is 19.3 Å². The number of hydrogen-bond acceptors (Lipinski definition) is 4. The first-order valence-corrected chi connectivity index (χ1v) is 5.73. The second kappa shape index (κ2) is 4.69. The third-order valence-corrected chi connectivity index (χ3v) is 3.20. The molecule has 0 aliphatic carbocycles. The summed E-state index contributed by atoms with van der Waals surface area (Å²) in [6.07, 6.45) is 1.14. The molecule has 2 rings (SSSR count). The molecule has 0 saturated carbocycles. The minimum Gasteiger partial charge on any atom is -0.480 e. The van der Waals surface area contributed by atoms with E-state index in [1.54, 1.807) is 0 Å². The molecule has 1 unspecified atom stereocenters. The topological polar surface area (TPSA) is 59.0 Å². The van der Waals surface area contributed by atoms with Gasteiger partial charge in [0.25, 0.3) is 0 Å². The maximum atomic E-state index is 10.4. The molecule has 0 aromatic carbocycles. The van der Waals surface area contributed by atoms with Crippen LogP contribution < -0.4 is 0 Å². The van der Waals surface area contributed by atoms with Crippen molar-refractivity contribution in [1.29, 1.82) is 0 Å². The maximum absolute atomic E-state index is 10.4. The van der Waals surface area contributed by atoms with Gasteiger partial charge in [0.15, 0.2) is 0 Å². The quantitative estimate of drug-likeness (QED) is 0.729. The second-order valence-corrected chi connectivity index (χ2v) is 5.03. The Hall–Kier alpha value is -0.650. The van der Waals surface area contributed by atoms with Crippen LogP contribution in [0.4, 0.5) is 0 Å². The van der Waals surface area contributed by atoms with Crippen LogP contribution in [0.5, 0.6) is 0 Å². The Labute approximate surface area is 95.3 Å². The molecule has 2 heterocycles. The van der Waals surface area contributed by atoms with Crippen molar-refractivity contribution in [2.24, 2.45) is 5.92 Å². The molecule has 0 radical (unpaired) electrons. The van der Waals surface area contributed by atoms with Gasteiger partial charge in [0.1, 0.15) is 6.61 Å². The maximum Gasteiger partial charge on any atom is 0.329 e. The monoisotopic (exact) mass is 229 g/mol. The lowest BCUT2D eigenvalue weighted by atomic mass is 9.94. The standard InChI is InChI=1S/C11H19NO4/c1-11(16-6-10(13)14)7-12(8-11)4-9-2-3-15-5-9/h9H,2-8H2,1H3,(H,13,14). The molecule has 2 saturated heterocycles. The lowest BCUT2D eigenvalue weighted by Crippen LogP contribution is -2.62. The van der Waals surface area contributed by atoms with E-state index in [2.05, 4.69) is 4.90 Å². The van der Waals surface area contributed by atoms with Crippen molar-refractivity contribution in [3.05, 3.63) is 0 Å². The van der Waals surface area contributed by atoms with E-state index in [9.17, 15) is 4.79 Å². The highest BCUT2D eigenvalue weighted by Gasteiger charge is 2.41. The Morgan fingerprint density at radius 2 is 2.38 bits per heavy atom. The minimum atomic E-state index is -0.899. The van der Waals surface area contributed by atoms with E-state index in [0.717, 1.165) is 39.3 Å². The van der Waals surface area contributed by atoms with Crippen molar-refractivity contribution >= 4 is 5.97 Å². The van der Waals surface area contributed by atoms with E-state index in [-0.39, 0.29) is 12.2 Å². The molecule has 92 valence electrons. The summed E-state index contributed by atoms with van der Waals surface area (Å²) >= 11 is 0. The number of nitrogens with zero attached hydrogens (tertiary/aromatic N) is 1. The van der Waals surface area contributed by atoms with E-state index in [1.165, 1.54) is 0 Å². The Kier molecular flexibility index (Phi) is 3.47. The zero-order valence-electron chi connectivity index (χ0n) is 9.65. The summed E-state index contributed by atoms with van der Waals surface area (Å²) in [5, 5.41) is 8.54. The van der Waals surface area contributed by atoms with Gasteiger partial charge in [-0.3, -0.25) is 4.90 Å². The Morgan fingerprint density at radius 3 is 2.94 bits per heavy atom. The normalized spacial score (nSPS) is 28.9. The van der Waals surface area contributed by atoms with Gasteiger partial charge < -0.3 is 14.6 Å². The predicted octanol–water partition coefficient (Wildman–Crippen LogP) is 0.198. The van der Waals surface area contributed by atoms with Gasteiger partial charge in [-0.25, -0.2) is 4.79 Å². The van der Waals surface area contributed by atoms with Crippen molar-refractivity contribution < 1.29 is 19.4 Å². The zero-order chi connectivity index (χ0) is 11.6. The fourth-order valence-electron chi connectivity index (χ4n) is 2.45. The van der Waals surface area contributed by atoms with Crippen LogP contribution in [-0.4, -0.2) is 61.0 Å². The number of aliphatic carboxylic acids is 1. The van der Waals surface area contributed by atoms with Crippen LogP contribution in [0.2, 0.25) is 0 Å². The molecular formula is C11H19NO4. The number of carbonyl (C=O) groups is 1. The average molecular weight is 229 g/mol. The number of rotatable bonds is 5. The van der Waals surface area contributed by atoms with Crippen LogP contribution in [0.1, 0.15) is 13.3 Å². The molecule has 2 fully saturated rings. The average Bonchev–Trinajstić information content (AvgIpc) is 2.65. The summed E-state index contributed by atoms with van der Waals surface area (Å²) in [5.41, 5.74) is -0.266. The van der Waals surface area contributed by atoms with Crippen molar-refractivity contribution in [2.75, 3.05) is 39.5 Å². The fraction of sp³-hybridized carbons (Fsp3) is 0.909. The first-order chi connectivity index (χ1) is 7.57.